The summed E-state index contributed by atoms with van der Waals surface area (Å²) in [4.78, 5) is 4.81. The highest BCUT2D eigenvalue weighted by Crippen LogP contribution is 2.22. The normalized spacial score (nSPS) is 14.2. The van der Waals surface area contributed by atoms with Gasteiger partial charge < -0.3 is 0 Å². The molecule has 4 rings (SSSR count). The Morgan fingerprint density at radius 2 is 1.78 bits per heavy atom. The van der Waals surface area contributed by atoms with Crippen LogP contribution in [-0.4, -0.2) is 9.38 Å². The topological polar surface area (TPSA) is 17.3 Å². The van der Waals surface area contributed by atoms with Crippen molar-refractivity contribution in [2.24, 2.45) is 0 Å². The van der Waals surface area contributed by atoms with Gasteiger partial charge in [-0.1, -0.05) is 48.4 Å². The van der Waals surface area contributed by atoms with E-state index in [4.69, 9.17) is 4.98 Å². The first-order valence-corrected chi connectivity index (χ1v) is 8.15. The van der Waals surface area contributed by atoms with Crippen molar-refractivity contribution < 1.29 is 0 Å². The van der Waals surface area contributed by atoms with E-state index in [1.807, 2.05) is 30.3 Å². The molecule has 2 heteroatoms. The van der Waals surface area contributed by atoms with Crippen LogP contribution in [0.3, 0.4) is 0 Å². The lowest BCUT2D eigenvalue weighted by Gasteiger charge is -2.05. The molecule has 0 fully saturated rings. The van der Waals surface area contributed by atoms with Gasteiger partial charge in [-0.3, -0.25) is 4.40 Å². The quantitative estimate of drug-likeness (QED) is 0.587. The Hall–Kier alpha value is -2.79. The van der Waals surface area contributed by atoms with Crippen molar-refractivity contribution in [1.29, 1.82) is 0 Å². The van der Waals surface area contributed by atoms with Gasteiger partial charge in [0, 0.05) is 11.8 Å². The number of hydrogen-bond donors (Lipinski definition) is 0. The second kappa shape index (κ2) is 6.14. The average molecular weight is 298 g/mol. The molecular formula is C21H18N2. The van der Waals surface area contributed by atoms with Gasteiger partial charge >= 0.3 is 0 Å². The van der Waals surface area contributed by atoms with E-state index >= 15 is 0 Å². The van der Waals surface area contributed by atoms with Crippen molar-refractivity contribution in [3.05, 3.63) is 72.1 Å². The third kappa shape index (κ3) is 2.78. The number of pyridine rings is 1. The zero-order valence-corrected chi connectivity index (χ0v) is 13.0. The fraction of sp³-hybridized carbons (Fsp3) is 0.190. The summed E-state index contributed by atoms with van der Waals surface area (Å²) in [5, 5.41) is 0. The first-order chi connectivity index (χ1) is 11.4. The molecule has 0 atom stereocenters. The van der Waals surface area contributed by atoms with Crippen LogP contribution in [-0.2, 0) is 0 Å². The highest BCUT2D eigenvalue weighted by molar-refractivity contribution is 5.69. The maximum absolute atomic E-state index is 4.81. The van der Waals surface area contributed by atoms with Gasteiger partial charge in [-0.15, -0.1) is 0 Å². The third-order valence-electron chi connectivity index (χ3n) is 4.21. The third-order valence-corrected chi connectivity index (χ3v) is 4.21. The van der Waals surface area contributed by atoms with E-state index in [1.54, 1.807) is 0 Å². The Morgan fingerprint density at radius 1 is 0.913 bits per heavy atom. The average Bonchev–Trinajstić information content (AvgIpc) is 3.01. The summed E-state index contributed by atoms with van der Waals surface area (Å²) in [5.41, 5.74) is 4.29. The van der Waals surface area contributed by atoms with Gasteiger partial charge in [0.15, 0.2) is 0 Å². The second-order valence-electron chi connectivity index (χ2n) is 5.83. The number of aromatic nitrogens is 2. The highest BCUT2D eigenvalue weighted by Gasteiger charge is 2.10. The van der Waals surface area contributed by atoms with Crippen LogP contribution in [0.5, 0.6) is 0 Å². The maximum Gasteiger partial charge on any atom is 0.146 e. The van der Waals surface area contributed by atoms with Crippen molar-refractivity contribution in [3.63, 3.8) is 0 Å². The number of rotatable bonds is 1. The Bertz CT molecular complexity index is 921. The molecule has 1 aromatic carbocycles. The van der Waals surface area contributed by atoms with Crippen LogP contribution in [0, 0.1) is 11.8 Å². The largest absolute Gasteiger partial charge is 0.298 e. The number of hydrogen-bond acceptors (Lipinski definition) is 1. The van der Waals surface area contributed by atoms with Crippen molar-refractivity contribution in [2.75, 3.05) is 0 Å². The molecular weight excluding hydrogens is 280 g/mol. The van der Waals surface area contributed by atoms with E-state index in [0.29, 0.717) is 0 Å². The lowest BCUT2D eigenvalue weighted by atomic mass is 10.00. The predicted octanol–water partition coefficient (Wildman–Crippen LogP) is 4.85. The van der Waals surface area contributed by atoms with Gasteiger partial charge in [0.1, 0.15) is 11.5 Å². The molecule has 0 spiro atoms. The van der Waals surface area contributed by atoms with Gasteiger partial charge in [-0.05, 0) is 49.3 Å². The highest BCUT2D eigenvalue weighted by atomic mass is 15.0. The fourth-order valence-corrected chi connectivity index (χ4v) is 3.01. The minimum atomic E-state index is 0.857. The summed E-state index contributed by atoms with van der Waals surface area (Å²) in [6, 6.07) is 16.4. The van der Waals surface area contributed by atoms with Gasteiger partial charge in [-0.25, -0.2) is 4.98 Å². The SMILES string of the molecule is C(#Cc1nc(-c2ccccc2)n2ccccc12)C1=CCCCC1. The van der Waals surface area contributed by atoms with Crippen molar-refractivity contribution >= 4 is 5.52 Å². The van der Waals surface area contributed by atoms with Crippen LogP contribution in [0.2, 0.25) is 0 Å². The van der Waals surface area contributed by atoms with Crippen molar-refractivity contribution in [3.8, 4) is 23.2 Å². The maximum atomic E-state index is 4.81. The molecule has 0 saturated carbocycles. The molecule has 0 bridgehead atoms. The Morgan fingerprint density at radius 3 is 2.61 bits per heavy atom. The van der Waals surface area contributed by atoms with E-state index in [1.165, 1.54) is 18.4 Å². The standard InChI is InChI=1S/C21H18N2/c1-3-9-17(10-4-1)14-15-19-20-13-7-8-16-23(20)21(22-19)18-11-5-2-6-12-18/h2,5-9,11-13,16H,1,3-4,10H2. The number of fused-ring (bicyclic) bond motifs is 1. The molecule has 0 unspecified atom stereocenters. The summed E-state index contributed by atoms with van der Waals surface area (Å²) in [6.45, 7) is 0. The van der Waals surface area contributed by atoms with Gasteiger partial charge in [0.05, 0.1) is 5.52 Å². The first kappa shape index (κ1) is 13.8. The summed E-state index contributed by atoms with van der Waals surface area (Å²) < 4.78 is 2.12. The van der Waals surface area contributed by atoms with E-state index in [9.17, 15) is 0 Å². The molecule has 2 nitrogen and oxygen atoms in total. The molecule has 2 heterocycles. The van der Waals surface area contributed by atoms with Gasteiger partial charge in [0.25, 0.3) is 0 Å². The molecule has 112 valence electrons. The number of imidazole rings is 1. The molecule has 0 N–H and O–H groups in total. The zero-order chi connectivity index (χ0) is 15.5. The van der Waals surface area contributed by atoms with Crippen LogP contribution in [0.15, 0.2) is 66.4 Å². The van der Waals surface area contributed by atoms with Crippen LogP contribution in [0.1, 0.15) is 31.4 Å². The van der Waals surface area contributed by atoms with E-state index < -0.39 is 0 Å². The molecule has 0 radical (unpaired) electrons. The molecule has 0 saturated heterocycles. The number of benzene rings is 1. The van der Waals surface area contributed by atoms with Gasteiger partial charge in [0.2, 0.25) is 0 Å². The Balaban J connectivity index is 1.82. The molecule has 1 aliphatic rings. The first-order valence-electron chi connectivity index (χ1n) is 8.15. The molecule has 23 heavy (non-hydrogen) atoms. The second-order valence-corrected chi connectivity index (χ2v) is 5.83. The van der Waals surface area contributed by atoms with Crippen molar-refractivity contribution in [2.45, 2.75) is 25.7 Å². The molecule has 3 aromatic rings. The van der Waals surface area contributed by atoms with Crippen molar-refractivity contribution in [1.82, 2.24) is 9.38 Å². The zero-order valence-electron chi connectivity index (χ0n) is 13.0. The molecule has 1 aliphatic carbocycles. The molecule has 0 amide bonds. The minimum Gasteiger partial charge on any atom is -0.298 e. The lowest BCUT2D eigenvalue weighted by molar-refractivity contribution is 0.715. The Labute approximate surface area is 136 Å². The molecule has 2 aromatic heterocycles. The lowest BCUT2D eigenvalue weighted by Crippen LogP contribution is -1.88. The van der Waals surface area contributed by atoms with Gasteiger partial charge in [-0.2, -0.15) is 0 Å². The molecule has 0 aliphatic heterocycles. The van der Waals surface area contributed by atoms with Crippen LogP contribution < -0.4 is 0 Å². The predicted molar refractivity (Wildman–Crippen MR) is 94.1 cm³/mol. The summed E-state index contributed by atoms with van der Waals surface area (Å²) in [7, 11) is 0. The fourth-order valence-electron chi connectivity index (χ4n) is 3.01. The van der Waals surface area contributed by atoms with Crippen LogP contribution in [0.4, 0.5) is 0 Å². The van der Waals surface area contributed by atoms with E-state index in [2.05, 4.69) is 46.7 Å². The Kier molecular flexibility index (Phi) is 3.70. The summed E-state index contributed by atoms with van der Waals surface area (Å²) in [6.07, 6.45) is 9.12. The van der Waals surface area contributed by atoms with Crippen LogP contribution >= 0.6 is 0 Å². The number of allylic oxidation sites excluding steroid dienone is 2. The summed E-state index contributed by atoms with van der Waals surface area (Å²) in [5.74, 6) is 7.57. The monoisotopic (exact) mass is 298 g/mol. The van der Waals surface area contributed by atoms with E-state index in [0.717, 1.165) is 35.4 Å². The number of nitrogens with zero attached hydrogens (tertiary/aromatic N) is 2. The smallest absolute Gasteiger partial charge is 0.146 e. The van der Waals surface area contributed by atoms with Crippen LogP contribution in [0.25, 0.3) is 16.9 Å². The van der Waals surface area contributed by atoms with E-state index in [-0.39, 0.29) is 0 Å². The minimum absolute atomic E-state index is 0.857. The summed E-state index contributed by atoms with van der Waals surface area (Å²) >= 11 is 0.